The average molecular weight is 319 g/mol. The van der Waals surface area contributed by atoms with Gasteiger partial charge >= 0.3 is 5.69 Å². The predicted octanol–water partition coefficient (Wildman–Crippen LogP) is 3.92. The maximum atomic E-state index is 12.6. The van der Waals surface area contributed by atoms with Crippen LogP contribution < -0.4 is 5.69 Å². The molecule has 3 aromatic rings. The van der Waals surface area contributed by atoms with Crippen LogP contribution in [0.1, 0.15) is 26.3 Å². The van der Waals surface area contributed by atoms with Crippen LogP contribution in [0.25, 0.3) is 22.2 Å². The Morgan fingerprint density at radius 1 is 1.08 bits per heavy atom. The van der Waals surface area contributed by atoms with Gasteiger partial charge in [-0.25, -0.2) is 4.79 Å². The standard InChI is InChI=1S/C20H21N3O/c1-20(2,3)13-23-17-10-9-14(11-18(17)22(4)19(23)24)16-8-6-5-7-15(16)12-21/h5-11H,13H2,1-4H3. The Morgan fingerprint density at radius 2 is 1.79 bits per heavy atom. The molecule has 0 amide bonds. The molecule has 0 radical (unpaired) electrons. The van der Waals surface area contributed by atoms with Crippen LogP contribution in [-0.4, -0.2) is 9.13 Å². The van der Waals surface area contributed by atoms with E-state index in [1.54, 1.807) is 11.6 Å². The molecule has 0 N–H and O–H groups in total. The molecule has 0 spiro atoms. The minimum atomic E-state index is -0.00866. The highest BCUT2D eigenvalue weighted by molar-refractivity contribution is 5.84. The lowest BCUT2D eigenvalue weighted by Gasteiger charge is -2.18. The molecule has 0 aliphatic heterocycles. The molecule has 0 aliphatic carbocycles. The maximum absolute atomic E-state index is 12.6. The summed E-state index contributed by atoms with van der Waals surface area (Å²) in [6.07, 6.45) is 0. The first-order valence-corrected chi connectivity index (χ1v) is 8.00. The largest absolute Gasteiger partial charge is 0.328 e. The van der Waals surface area contributed by atoms with Crippen molar-refractivity contribution in [3.63, 3.8) is 0 Å². The lowest BCUT2D eigenvalue weighted by molar-refractivity contribution is 0.342. The molecule has 1 heterocycles. The Bertz CT molecular complexity index is 1010. The monoisotopic (exact) mass is 319 g/mol. The molecule has 4 heteroatoms. The van der Waals surface area contributed by atoms with Crippen molar-refractivity contribution >= 4 is 11.0 Å². The van der Waals surface area contributed by atoms with Crippen LogP contribution in [0.2, 0.25) is 0 Å². The molecule has 0 saturated carbocycles. The lowest BCUT2D eigenvalue weighted by atomic mass is 9.96. The van der Waals surface area contributed by atoms with E-state index in [0.29, 0.717) is 12.1 Å². The van der Waals surface area contributed by atoms with Crippen LogP contribution in [0.4, 0.5) is 0 Å². The number of hydrogen-bond donors (Lipinski definition) is 0. The van der Waals surface area contributed by atoms with Gasteiger partial charge in [0, 0.05) is 13.6 Å². The number of fused-ring (bicyclic) bond motifs is 1. The zero-order valence-corrected chi connectivity index (χ0v) is 14.5. The summed E-state index contributed by atoms with van der Waals surface area (Å²) < 4.78 is 3.51. The molecule has 0 atom stereocenters. The summed E-state index contributed by atoms with van der Waals surface area (Å²) >= 11 is 0. The molecule has 0 fully saturated rings. The van der Waals surface area contributed by atoms with Gasteiger partial charge in [-0.2, -0.15) is 5.26 Å². The fourth-order valence-electron chi connectivity index (χ4n) is 3.03. The summed E-state index contributed by atoms with van der Waals surface area (Å²) in [6, 6.07) is 15.7. The highest BCUT2D eigenvalue weighted by Crippen LogP contribution is 2.27. The van der Waals surface area contributed by atoms with E-state index in [9.17, 15) is 10.1 Å². The van der Waals surface area contributed by atoms with Crippen molar-refractivity contribution in [1.82, 2.24) is 9.13 Å². The van der Waals surface area contributed by atoms with Crippen LogP contribution in [-0.2, 0) is 13.6 Å². The Balaban J connectivity index is 2.22. The fourth-order valence-corrected chi connectivity index (χ4v) is 3.03. The molecule has 0 unspecified atom stereocenters. The van der Waals surface area contributed by atoms with Crippen LogP contribution in [0.15, 0.2) is 47.3 Å². The van der Waals surface area contributed by atoms with Crippen molar-refractivity contribution in [2.24, 2.45) is 12.5 Å². The van der Waals surface area contributed by atoms with Gasteiger partial charge in [-0.05, 0) is 34.7 Å². The van der Waals surface area contributed by atoms with Gasteiger partial charge in [0.1, 0.15) is 0 Å². The number of imidazole rings is 1. The van der Waals surface area contributed by atoms with Gasteiger partial charge in [0.15, 0.2) is 0 Å². The first-order chi connectivity index (χ1) is 11.3. The smallest absolute Gasteiger partial charge is 0.295 e. The van der Waals surface area contributed by atoms with Gasteiger partial charge in [0.2, 0.25) is 0 Å². The maximum Gasteiger partial charge on any atom is 0.328 e. The molecular formula is C20H21N3O. The Kier molecular flexibility index (Phi) is 3.81. The second-order valence-corrected chi connectivity index (χ2v) is 7.35. The number of nitriles is 1. The normalized spacial score (nSPS) is 11.6. The number of rotatable bonds is 2. The van der Waals surface area contributed by atoms with E-state index in [-0.39, 0.29) is 11.1 Å². The summed E-state index contributed by atoms with van der Waals surface area (Å²) in [5, 5.41) is 9.31. The quantitative estimate of drug-likeness (QED) is 0.718. The molecular weight excluding hydrogens is 298 g/mol. The summed E-state index contributed by atoms with van der Waals surface area (Å²) in [6.45, 7) is 7.03. The van der Waals surface area contributed by atoms with Crippen molar-refractivity contribution in [2.75, 3.05) is 0 Å². The third kappa shape index (κ3) is 2.74. The Morgan fingerprint density at radius 3 is 2.46 bits per heavy atom. The van der Waals surface area contributed by atoms with Crippen molar-refractivity contribution < 1.29 is 0 Å². The minimum Gasteiger partial charge on any atom is -0.295 e. The molecule has 3 rings (SSSR count). The SMILES string of the molecule is Cn1c(=O)n(CC(C)(C)C)c2ccc(-c3ccccc3C#N)cc21. The van der Waals surface area contributed by atoms with E-state index in [1.165, 1.54) is 0 Å². The molecule has 0 saturated heterocycles. The molecule has 2 aromatic carbocycles. The molecule has 0 aliphatic rings. The highest BCUT2D eigenvalue weighted by atomic mass is 16.1. The summed E-state index contributed by atoms with van der Waals surface area (Å²) in [4.78, 5) is 12.6. The highest BCUT2D eigenvalue weighted by Gasteiger charge is 2.18. The first-order valence-electron chi connectivity index (χ1n) is 8.00. The summed E-state index contributed by atoms with van der Waals surface area (Å²) in [5.41, 5.74) is 4.29. The van der Waals surface area contributed by atoms with Gasteiger partial charge in [0.05, 0.1) is 22.7 Å². The van der Waals surface area contributed by atoms with Crippen LogP contribution in [0.3, 0.4) is 0 Å². The molecule has 0 bridgehead atoms. The van der Waals surface area contributed by atoms with Crippen molar-refractivity contribution in [3.05, 3.63) is 58.5 Å². The number of aryl methyl sites for hydroxylation is 1. The van der Waals surface area contributed by atoms with E-state index in [1.807, 2.05) is 47.0 Å². The zero-order chi connectivity index (χ0) is 17.5. The third-order valence-electron chi connectivity index (χ3n) is 4.14. The molecule has 1 aromatic heterocycles. The van der Waals surface area contributed by atoms with Gasteiger partial charge in [-0.3, -0.25) is 9.13 Å². The second-order valence-electron chi connectivity index (χ2n) is 7.35. The lowest BCUT2D eigenvalue weighted by Crippen LogP contribution is -2.27. The number of benzene rings is 2. The van der Waals surface area contributed by atoms with Gasteiger partial charge in [-0.15, -0.1) is 0 Å². The minimum absolute atomic E-state index is 0.00866. The van der Waals surface area contributed by atoms with E-state index in [4.69, 9.17) is 0 Å². The first kappa shape index (κ1) is 16.1. The average Bonchev–Trinajstić information content (AvgIpc) is 2.78. The molecule has 24 heavy (non-hydrogen) atoms. The summed E-state index contributed by atoms with van der Waals surface area (Å²) in [7, 11) is 1.80. The number of aromatic nitrogens is 2. The van der Waals surface area contributed by atoms with Gasteiger partial charge in [0.25, 0.3) is 0 Å². The molecule has 4 nitrogen and oxygen atoms in total. The second kappa shape index (κ2) is 5.68. The fraction of sp³-hybridized carbons (Fsp3) is 0.300. The number of nitrogens with zero attached hydrogens (tertiary/aromatic N) is 3. The van der Waals surface area contributed by atoms with E-state index in [0.717, 1.165) is 22.2 Å². The van der Waals surface area contributed by atoms with Gasteiger partial charge in [-0.1, -0.05) is 45.0 Å². The van der Waals surface area contributed by atoms with E-state index < -0.39 is 0 Å². The van der Waals surface area contributed by atoms with Crippen molar-refractivity contribution in [2.45, 2.75) is 27.3 Å². The van der Waals surface area contributed by atoms with Crippen LogP contribution >= 0.6 is 0 Å². The van der Waals surface area contributed by atoms with E-state index >= 15 is 0 Å². The van der Waals surface area contributed by atoms with Crippen LogP contribution in [0.5, 0.6) is 0 Å². The Hall–Kier alpha value is -2.80. The number of hydrogen-bond acceptors (Lipinski definition) is 2. The molecule has 122 valence electrons. The van der Waals surface area contributed by atoms with Crippen LogP contribution in [0, 0.1) is 16.7 Å². The zero-order valence-electron chi connectivity index (χ0n) is 14.5. The summed E-state index contributed by atoms with van der Waals surface area (Å²) in [5.74, 6) is 0. The predicted molar refractivity (Wildman–Crippen MR) is 96.8 cm³/mol. The van der Waals surface area contributed by atoms with Crippen molar-refractivity contribution in [3.8, 4) is 17.2 Å². The third-order valence-corrected chi connectivity index (χ3v) is 4.14. The topological polar surface area (TPSA) is 50.7 Å². The van der Waals surface area contributed by atoms with Gasteiger partial charge < -0.3 is 0 Å². The van der Waals surface area contributed by atoms with Crippen molar-refractivity contribution in [1.29, 1.82) is 5.26 Å². The Labute approximate surface area is 141 Å². The van der Waals surface area contributed by atoms with E-state index in [2.05, 4.69) is 26.8 Å².